The van der Waals surface area contributed by atoms with E-state index in [-0.39, 0.29) is 0 Å². The van der Waals surface area contributed by atoms with Crippen LogP contribution in [0.25, 0.3) is 0 Å². The maximum atomic E-state index is 11.6. The van der Waals surface area contributed by atoms with Gasteiger partial charge in [-0.3, -0.25) is 9.63 Å². The average molecular weight is 291 g/mol. The molecule has 1 saturated carbocycles. The Morgan fingerprint density at radius 2 is 2.00 bits per heavy atom. The van der Waals surface area contributed by atoms with Gasteiger partial charge in [0.2, 0.25) is 0 Å². The molecule has 1 aromatic rings. The van der Waals surface area contributed by atoms with Crippen molar-refractivity contribution in [2.75, 3.05) is 6.54 Å². The van der Waals surface area contributed by atoms with Crippen LogP contribution in [0.2, 0.25) is 0 Å². The van der Waals surface area contributed by atoms with Gasteiger partial charge in [0.1, 0.15) is 0 Å². The molecule has 0 bridgehead atoms. The van der Waals surface area contributed by atoms with E-state index in [4.69, 9.17) is 4.84 Å². The van der Waals surface area contributed by atoms with E-state index in [9.17, 15) is 9.90 Å². The Morgan fingerprint density at radius 1 is 1.33 bits per heavy atom. The van der Waals surface area contributed by atoms with Gasteiger partial charge in [-0.1, -0.05) is 43.7 Å². The summed E-state index contributed by atoms with van der Waals surface area (Å²) in [5.74, 6) is -0.0180. The number of hydrogen-bond acceptors (Lipinski definition) is 3. The van der Waals surface area contributed by atoms with Gasteiger partial charge in [0.05, 0.1) is 12.0 Å². The number of hydroxylamine groups is 1. The van der Waals surface area contributed by atoms with E-state index >= 15 is 0 Å². The zero-order chi connectivity index (χ0) is 15.1. The number of hydrogen-bond donors (Lipinski definition) is 2. The van der Waals surface area contributed by atoms with Gasteiger partial charge in [-0.25, -0.2) is 5.48 Å². The molecule has 4 heteroatoms. The highest BCUT2D eigenvalue weighted by atomic mass is 16.6. The Bertz CT molecular complexity index is 439. The van der Waals surface area contributed by atoms with Crippen LogP contribution in [-0.2, 0) is 16.2 Å². The summed E-state index contributed by atoms with van der Waals surface area (Å²) in [6.45, 7) is 3.01. The van der Waals surface area contributed by atoms with Gasteiger partial charge >= 0.3 is 5.97 Å². The van der Waals surface area contributed by atoms with E-state index in [1.54, 1.807) is 0 Å². The van der Waals surface area contributed by atoms with Crippen molar-refractivity contribution in [3.63, 3.8) is 0 Å². The predicted molar refractivity (Wildman–Crippen MR) is 81.6 cm³/mol. The molecule has 1 fully saturated rings. The third-order valence-electron chi connectivity index (χ3n) is 4.69. The number of benzene rings is 1. The third kappa shape index (κ3) is 4.29. The van der Waals surface area contributed by atoms with E-state index < -0.39 is 11.4 Å². The van der Waals surface area contributed by atoms with Crippen LogP contribution in [0, 0.1) is 11.3 Å². The summed E-state index contributed by atoms with van der Waals surface area (Å²) in [6, 6.07) is 9.86. The van der Waals surface area contributed by atoms with Gasteiger partial charge in [0.25, 0.3) is 0 Å². The van der Waals surface area contributed by atoms with Crippen LogP contribution in [0.15, 0.2) is 30.3 Å². The molecule has 2 N–H and O–H groups in total. The van der Waals surface area contributed by atoms with E-state index in [0.29, 0.717) is 19.1 Å². The van der Waals surface area contributed by atoms with Crippen molar-refractivity contribution < 1.29 is 14.7 Å². The first-order chi connectivity index (χ1) is 10.2. The molecule has 1 aliphatic carbocycles. The zero-order valence-corrected chi connectivity index (χ0v) is 12.7. The van der Waals surface area contributed by atoms with Gasteiger partial charge < -0.3 is 5.11 Å². The normalized spacial score (nSPS) is 25.7. The summed E-state index contributed by atoms with van der Waals surface area (Å²) >= 11 is 0. The van der Waals surface area contributed by atoms with Gasteiger partial charge in [-0.15, -0.1) is 0 Å². The molecule has 0 amide bonds. The highest BCUT2D eigenvalue weighted by molar-refractivity contribution is 5.75. The molecule has 2 rings (SSSR count). The van der Waals surface area contributed by atoms with Crippen molar-refractivity contribution in [3.8, 4) is 0 Å². The molecule has 0 unspecified atom stereocenters. The summed E-state index contributed by atoms with van der Waals surface area (Å²) in [6.07, 6.45) is 4.63. The van der Waals surface area contributed by atoms with Crippen molar-refractivity contribution in [1.82, 2.24) is 5.48 Å². The van der Waals surface area contributed by atoms with Crippen molar-refractivity contribution in [3.05, 3.63) is 35.9 Å². The van der Waals surface area contributed by atoms with Crippen LogP contribution in [0.1, 0.15) is 44.6 Å². The molecule has 0 saturated heterocycles. The maximum Gasteiger partial charge on any atom is 0.311 e. The van der Waals surface area contributed by atoms with Crippen LogP contribution in [0.5, 0.6) is 0 Å². The minimum atomic E-state index is -0.701. The Balaban J connectivity index is 1.80. The highest BCUT2D eigenvalue weighted by Crippen LogP contribution is 2.39. The van der Waals surface area contributed by atoms with Crippen molar-refractivity contribution in [1.29, 1.82) is 0 Å². The lowest BCUT2D eigenvalue weighted by Gasteiger charge is -2.36. The van der Waals surface area contributed by atoms with E-state index in [1.165, 1.54) is 0 Å². The molecular weight excluding hydrogens is 266 g/mol. The van der Waals surface area contributed by atoms with Crippen LogP contribution < -0.4 is 5.48 Å². The smallest absolute Gasteiger partial charge is 0.311 e. The zero-order valence-electron chi connectivity index (χ0n) is 12.7. The molecule has 0 atom stereocenters. The largest absolute Gasteiger partial charge is 0.481 e. The maximum absolute atomic E-state index is 11.6. The van der Waals surface area contributed by atoms with Crippen LogP contribution in [0.3, 0.4) is 0 Å². The van der Waals surface area contributed by atoms with Crippen LogP contribution in [0.4, 0.5) is 0 Å². The number of carbonyl (C=O) groups is 1. The van der Waals surface area contributed by atoms with E-state index in [1.807, 2.05) is 30.3 Å². The number of nitrogens with one attached hydrogen (secondary N) is 1. The summed E-state index contributed by atoms with van der Waals surface area (Å²) < 4.78 is 0. The van der Waals surface area contributed by atoms with Gasteiger partial charge in [0, 0.05) is 6.54 Å². The van der Waals surface area contributed by atoms with E-state index in [2.05, 4.69) is 12.4 Å². The summed E-state index contributed by atoms with van der Waals surface area (Å²) in [7, 11) is 0. The molecule has 116 valence electrons. The second-order valence-corrected chi connectivity index (χ2v) is 6.03. The number of aliphatic carboxylic acids is 1. The second kappa shape index (κ2) is 7.57. The first kappa shape index (κ1) is 16.0. The topological polar surface area (TPSA) is 58.6 Å². The lowest BCUT2D eigenvalue weighted by atomic mass is 9.70. The lowest BCUT2D eigenvalue weighted by molar-refractivity contribution is -0.153. The van der Waals surface area contributed by atoms with E-state index in [0.717, 1.165) is 37.7 Å². The summed E-state index contributed by atoms with van der Waals surface area (Å²) in [4.78, 5) is 17.1. The summed E-state index contributed by atoms with van der Waals surface area (Å²) in [5.41, 5.74) is 3.29. The fraction of sp³-hybridized carbons (Fsp3) is 0.588. The minimum Gasteiger partial charge on any atom is -0.481 e. The van der Waals surface area contributed by atoms with Crippen LogP contribution in [-0.4, -0.2) is 17.6 Å². The average Bonchev–Trinajstić information content (AvgIpc) is 2.53. The first-order valence-electron chi connectivity index (χ1n) is 7.78. The van der Waals surface area contributed by atoms with Gasteiger partial charge in [-0.2, -0.15) is 0 Å². The predicted octanol–water partition coefficient (Wildman–Crippen LogP) is 3.38. The molecule has 21 heavy (non-hydrogen) atoms. The Kier molecular flexibility index (Phi) is 5.76. The Labute approximate surface area is 126 Å². The summed E-state index contributed by atoms with van der Waals surface area (Å²) in [5, 5.41) is 9.57. The Morgan fingerprint density at radius 3 is 2.57 bits per heavy atom. The number of carboxylic acid groups (broad SMARTS) is 1. The number of carboxylic acids is 1. The molecule has 0 aliphatic heterocycles. The third-order valence-corrected chi connectivity index (χ3v) is 4.69. The lowest BCUT2D eigenvalue weighted by Crippen LogP contribution is -2.43. The van der Waals surface area contributed by atoms with Crippen LogP contribution >= 0.6 is 0 Å². The first-order valence-corrected chi connectivity index (χ1v) is 7.78. The molecule has 0 spiro atoms. The standard InChI is InChI=1S/C17H25NO3/c1-2-14-8-10-17(11-9-14,16(19)20)13-18-21-12-15-6-4-3-5-7-15/h3-7,14,18H,2,8-13H2,1H3,(H,19,20). The molecular formula is C17H25NO3. The molecule has 4 nitrogen and oxygen atoms in total. The van der Waals surface area contributed by atoms with Gasteiger partial charge in [-0.05, 0) is 37.2 Å². The second-order valence-electron chi connectivity index (χ2n) is 6.03. The quantitative estimate of drug-likeness (QED) is 0.597. The monoisotopic (exact) mass is 291 g/mol. The minimum absolute atomic E-state index is 0.381. The highest BCUT2D eigenvalue weighted by Gasteiger charge is 2.41. The molecule has 1 aromatic carbocycles. The number of rotatable bonds is 7. The van der Waals surface area contributed by atoms with Gasteiger partial charge in [0.15, 0.2) is 0 Å². The Hall–Kier alpha value is -1.39. The fourth-order valence-corrected chi connectivity index (χ4v) is 3.00. The SMILES string of the molecule is CCC1CCC(CNOCc2ccccc2)(C(=O)O)CC1. The molecule has 0 heterocycles. The molecule has 0 radical (unpaired) electrons. The van der Waals surface area contributed by atoms with Crippen molar-refractivity contribution in [2.45, 2.75) is 45.6 Å². The fourth-order valence-electron chi connectivity index (χ4n) is 3.00. The molecule has 1 aliphatic rings. The van der Waals surface area contributed by atoms with Crippen molar-refractivity contribution >= 4 is 5.97 Å². The van der Waals surface area contributed by atoms with Crippen molar-refractivity contribution in [2.24, 2.45) is 11.3 Å². The molecule has 0 aromatic heterocycles.